The lowest BCUT2D eigenvalue weighted by Gasteiger charge is -2.12. The Morgan fingerprint density at radius 2 is 2.21 bits per heavy atom. The molecule has 0 heterocycles. The van der Waals surface area contributed by atoms with Crippen molar-refractivity contribution < 1.29 is 18.3 Å². The van der Waals surface area contributed by atoms with Gasteiger partial charge in [-0.15, -0.1) is 0 Å². The van der Waals surface area contributed by atoms with Gasteiger partial charge in [0.25, 0.3) is 0 Å². The minimum absolute atomic E-state index is 0.139. The van der Waals surface area contributed by atoms with Crippen molar-refractivity contribution in [2.45, 2.75) is 26.0 Å². The van der Waals surface area contributed by atoms with Crippen molar-refractivity contribution in [1.82, 2.24) is 5.32 Å². The predicted molar refractivity (Wildman–Crippen MR) is 70.9 cm³/mol. The molecule has 1 aromatic carbocycles. The maximum absolute atomic E-state index is 12.2. The number of alkyl halides is 2. The van der Waals surface area contributed by atoms with Gasteiger partial charge in [0, 0.05) is 23.0 Å². The highest BCUT2D eigenvalue weighted by Gasteiger charge is 2.09. The van der Waals surface area contributed by atoms with Gasteiger partial charge in [-0.1, -0.05) is 15.9 Å². The highest BCUT2D eigenvalue weighted by Crippen LogP contribution is 2.24. The zero-order valence-corrected chi connectivity index (χ0v) is 11.8. The molecule has 106 valence electrons. The third-order valence-electron chi connectivity index (χ3n) is 2.33. The summed E-state index contributed by atoms with van der Waals surface area (Å²) in [5.41, 5.74) is 5.63. The number of amides is 1. The standard InChI is InChI=1S/C12H15BrF2N2O2/c13-9-3-4-10(19-12(14)15)8(6-9)7-17-5-1-2-11(16)18/h3-4,6,12,17H,1-2,5,7H2,(H2,16,18). The fourth-order valence-corrected chi connectivity index (χ4v) is 1.92. The van der Waals surface area contributed by atoms with Crippen molar-refractivity contribution >= 4 is 21.8 Å². The van der Waals surface area contributed by atoms with E-state index in [0.717, 1.165) is 4.47 Å². The molecule has 4 nitrogen and oxygen atoms in total. The number of carbonyl (C=O) groups excluding carboxylic acids is 1. The lowest BCUT2D eigenvalue weighted by Crippen LogP contribution is -2.18. The number of primary amides is 1. The Hall–Kier alpha value is -1.21. The molecular weight excluding hydrogens is 322 g/mol. The third-order valence-corrected chi connectivity index (χ3v) is 2.82. The SMILES string of the molecule is NC(=O)CCCNCc1cc(Br)ccc1OC(F)F. The highest BCUT2D eigenvalue weighted by atomic mass is 79.9. The molecule has 3 N–H and O–H groups in total. The lowest BCUT2D eigenvalue weighted by atomic mass is 10.2. The molecule has 1 aromatic rings. The Labute approximate surface area is 118 Å². The van der Waals surface area contributed by atoms with Crippen molar-refractivity contribution in [1.29, 1.82) is 0 Å². The van der Waals surface area contributed by atoms with E-state index in [-0.39, 0.29) is 11.7 Å². The van der Waals surface area contributed by atoms with Crippen LogP contribution in [0.2, 0.25) is 0 Å². The van der Waals surface area contributed by atoms with Crippen LogP contribution in [0.15, 0.2) is 22.7 Å². The molecule has 1 amide bonds. The van der Waals surface area contributed by atoms with Gasteiger partial charge in [-0.2, -0.15) is 8.78 Å². The Balaban J connectivity index is 2.51. The summed E-state index contributed by atoms with van der Waals surface area (Å²) < 4.78 is 29.7. The minimum Gasteiger partial charge on any atom is -0.434 e. The Morgan fingerprint density at radius 3 is 2.84 bits per heavy atom. The monoisotopic (exact) mass is 336 g/mol. The quantitative estimate of drug-likeness (QED) is 0.716. The van der Waals surface area contributed by atoms with E-state index in [1.807, 2.05) is 0 Å². The van der Waals surface area contributed by atoms with Crippen LogP contribution in [0.1, 0.15) is 18.4 Å². The molecule has 0 saturated carbocycles. The van der Waals surface area contributed by atoms with Crippen LogP contribution in [0.5, 0.6) is 5.75 Å². The summed E-state index contributed by atoms with van der Waals surface area (Å²) in [4.78, 5) is 10.5. The zero-order chi connectivity index (χ0) is 14.3. The first-order valence-electron chi connectivity index (χ1n) is 5.71. The summed E-state index contributed by atoms with van der Waals surface area (Å²) in [6.07, 6.45) is 0.903. The van der Waals surface area contributed by atoms with Crippen LogP contribution in [0.25, 0.3) is 0 Å². The van der Waals surface area contributed by atoms with Gasteiger partial charge in [0.2, 0.25) is 5.91 Å². The summed E-state index contributed by atoms with van der Waals surface area (Å²) in [7, 11) is 0. The Kier molecular flexibility index (Phi) is 6.72. The fourth-order valence-electron chi connectivity index (χ4n) is 1.51. The maximum Gasteiger partial charge on any atom is 0.387 e. The second-order valence-electron chi connectivity index (χ2n) is 3.88. The molecule has 0 bridgehead atoms. The second kappa shape index (κ2) is 8.06. The number of nitrogens with two attached hydrogens (primary N) is 1. The topological polar surface area (TPSA) is 64.4 Å². The summed E-state index contributed by atoms with van der Waals surface area (Å²) in [5.74, 6) is -0.216. The lowest BCUT2D eigenvalue weighted by molar-refractivity contribution is -0.118. The molecule has 0 aliphatic heterocycles. The van der Waals surface area contributed by atoms with Gasteiger partial charge in [0.15, 0.2) is 0 Å². The van der Waals surface area contributed by atoms with Crippen molar-refractivity contribution in [2.24, 2.45) is 5.73 Å². The van der Waals surface area contributed by atoms with Gasteiger partial charge in [-0.3, -0.25) is 4.79 Å². The van der Waals surface area contributed by atoms with Crippen LogP contribution in [-0.2, 0) is 11.3 Å². The van der Waals surface area contributed by atoms with Crippen molar-refractivity contribution in [2.75, 3.05) is 6.54 Å². The molecule has 1 rings (SSSR count). The van der Waals surface area contributed by atoms with Gasteiger partial charge in [-0.05, 0) is 31.2 Å². The molecule has 0 spiro atoms. The molecule has 7 heteroatoms. The Morgan fingerprint density at radius 1 is 1.47 bits per heavy atom. The van der Waals surface area contributed by atoms with Crippen molar-refractivity contribution in [3.8, 4) is 5.75 Å². The first kappa shape index (κ1) is 15.8. The van der Waals surface area contributed by atoms with Crippen LogP contribution in [-0.4, -0.2) is 19.1 Å². The largest absolute Gasteiger partial charge is 0.434 e. The Bertz CT molecular complexity index is 430. The molecule has 0 aliphatic rings. The number of hydrogen-bond acceptors (Lipinski definition) is 3. The first-order valence-corrected chi connectivity index (χ1v) is 6.50. The van der Waals surface area contributed by atoms with Crippen LogP contribution < -0.4 is 15.8 Å². The summed E-state index contributed by atoms with van der Waals surface area (Å²) in [6, 6.07) is 4.82. The van der Waals surface area contributed by atoms with E-state index in [2.05, 4.69) is 26.0 Å². The molecule has 0 unspecified atom stereocenters. The van der Waals surface area contributed by atoms with Gasteiger partial charge >= 0.3 is 6.61 Å². The number of nitrogens with one attached hydrogen (secondary N) is 1. The van der Waals surface area contributed by atoms with Gasteiger partial charge in [-0.25, -0.2) is 0 Å². The van der Waals surface area contributed by atoms with Crippen molar-refractivity contribution in [3.63, 3.8) is 0 Å². The van der Waals surface area contributed by atoms with E-state index < -0.39 is 6.61 Å². The number of ether oxygens (including phenoxy) is 1. The average Bonchev–Trinajstić information content (AvgIpc) is 2.31. The van der Waals surface area contributed by atoms with E-state index in [4.69, 9.17) is 5.73 Å². The summed E-state index contributed by atoms with van der Waals surface area (Å²) >= 11 is 3.27. The van der Waals surface area contributed by atoms with E-state index in [9.17, 15) is 13.6 Å². The van der Waals surface area contributed by atoms with Crippen LogP contribution >= 0.6 is 15.9 Å². The van der Waals surface area contributed by atoms with Gasteiger partial charge in [0.05, 0.1) is 0 Å². The molecule has 0 saturated heterocycles. The predicted octanol–water partition coefficient (Wildman–Crippen LogP) is 2.41. The average molecular weight is 337 g/mol. The molecule has 0 aliphatic carbocycles. The summed E-state index contributed by atoms with van der Waals surface area (Å²) in [5, 5.41) is 3.04. The maximum atomic E-state index is 12.2. The molecule has 0 fully saturated rings. The summed E-state index contributed by atoms with van der Waals surface area (Å²) in [6.45, 7) is -1.90. The number of benzene rings is 1. The van der Waals surface area contributed by atoms with Crippen LogP contribution in [0, 0.1) is 0 Å². The zero-order valence-electron chi connectivity index (χ0n) is 10.2. The van der Waals surface area contributed by atoms with E-state index in [1.165, 1.54) is 6.07 Å². The number of halogens is 3. The van der Waals surface area contributed by atoms with E-state index >= 15 is 0 Å². The molecule has 19 heavy (non-hydrogen) atoms. The van der Waals surface area contributed by atoms with Crippen LogP contribution in [0.3, 0.4) is 0 Å². The highest BCUT2D eigenvalue weighted by molar-refractivity contribution is 9.10. The molecule has 0 atom stereocenters. The van der Waals surface area contributed by atoms with Gasteiger partial charge in [0.1, 0.15) is 5.75 Å². The number of rotatable bonds is 8. The third kappa shape index (κ3) is 6.49. The molecular formula is C12H15BrF2N2O2. The normalized spacial score (nSPS) is 10.7. The second-order valence-corrected chi connectivity index (χ2v) is 4.79. The smallest absolute Gasteiger partial charge is 0.387 e. The number of carbonyl (C=O) groups is 1. The molecule has 0 aromatic heterocycles. The van der Waals surface area contributed by atoms with Gasteiger partial charge < -0.3 is 15.8 Å². The first-order chi connectivity index (χ1) is 8.99. The molecule has 0 radical (unpaired) electrons. The minimum atomic E-state index is -2.85. The van der Waals surface area contributed by atoms with Crippen LogP contribution in [0.4, 0.5) is 8.78 Å². The van der Waals surface area contributed by atoms with Crippen molar-refractivity contribution in [3.05, 3.63) is 28.2 Å². The van der Waals surface area contributed by atoms with E-state index in [1.54, 1.807) is 12.1 Å². The number of hydrogen-bond donors (Lipinski definition) is 2. The van der Waals surface area contributed by atoms with E-state index in [0.29, 0.717) is 31.5 Å². The fraction of sp³-hybridized carbons (Fsp3) is 0.417.